The summed E-state index contributed by atoms with van der Waals surface area (Å²) in [5, 5.41) is 5.91. The molecule has 0 saturated carbocycles. The van der Waals surface area contributed by atoms with Gasteiger partial charge in [-0.2, -0.15) is 0 Å². The molecule has 2 aromatic carbocycles. The number of hydrogen-bond donors (Lipinski definition) is 2. The van der Waals surface area contributed by atoms with Crippen LogP contribution in [0, 0.1) is 0 Å². The third-order valence-corrected chi connectivity index (χ3v) is 5.21. The van der Waals surface area contributed by atoms with Gasteiger partial charge in [0.25, 0.3) is 0 Å². The van der Waals surface area contributed by atoms with Crippen LogP contribution in [0.25, 0.3) is 0 Å². The summed E-state index contributed by atoms with van der Waals surface area (Å²) in [6.45, 7) is 6.51. The summed E-state index contributed by atoms with van der Waals surface area (Å²) >= 11 is 5.21. The molecule has 0 aliphatic rings. The lowest BCUT2D eigenvalue weighted by atomic mass is 10.1. The summed E-state index contributed by atoms with van der Waals surface area (Å²) < 4.78 is 5.24. The average Bonchev–Trinajstić information content (AvgIpc) is 2.79. The zero-order chi connectivity index (χ0) is 23.2. The van der Waals surface area contributed by atoms with Crippen molar-refractivity contribution in [2.24, 2.45) is 0 Å². The minimum absolute atomic E-state index is 0.210. The first-order valence-corrected chi connectivity index (χ1v) is 11.6. The van der Waals surface area contributed by atoms with Crippen molar-refractivity contribution < 1.29 is 14.3 Å². The van der Waals surface area contributed by atoms with E-state index in [9.17, 15) is 9.59 Å². The van der Waals surface area contributed by atoms with Crippen molar-refractivity contribution in [1.82, 2.24) is 5.32 Å². The van der Waals surface area contributed by atoms with Crippen molar-refractivity contribution in [2.75, 3.05) is 29.9 Å². The van der Waals surface area contributed by atoms with Crippen molar-refractivity contribution in [1.29, 1.82) is 0 Å². The van der Waals surface area contributed by atoms with Gasteiger partial charge in [-0.25, -0.2) is 0 Å². The highest BCUT2D eigenvalue weighted by Gasteiger charge is 2.09. The number of ether oxygens (including phenoxy) is 1. The predicted octanol–water partition coefficient (Wildman–Crippen LogP) is 4.69. The van der Waals surface area contributed by atoms with Crippen LogP contribution in [0.2, 0.25) is 0 Å². The molecule has 0 unspecified atom stereocenters. The lowest BCUT2D eigenvalue weighted by Gasteiger charge is -2.21. The second-order valence-corrected chi connectivity index (χ2v) is 7.79. The monoisotopic (exact) mass is 455 g/mol. The number of nitrogens with one attached hydrogen (secondary N) is 2. The van der Waals surface area contributed by atoms with Crippen molar-refractivity contribution in [3.63, 3.8) is 0 Å². The number of anilines is 2. The fraction of sp³-hybridized carbons (Fsp3) is 0.400. The number of benzene rings is 2. The van der Waals surface area contributed by atoms with E-state index < -0.39 is 0 Å². The standard InChI is InChI=1S/C25H33N3O3S/c1-3-28(4-2)22-17-15-21(16-18-22)26-25(32)27-23(29)13-8-14-24(30)31-19-9-12-20-10-6-5-7-11-20/h5-7,10-11,15-18H,3-4,8-9,12-14,19H2,1-2H3,(H2,26,27,29,32). The number of hydrogen-bond acceptors (Lipinski definition) is 5. The number of carbonyl (C=O) groups is 2. The van der Waals surface area contributed by atoms with Crippen LogP contribution in [0.1, 0.15) is 45.1 Å². The van der Waals surface area contributed by atoms with Gasteiger partial charge in [-0.05, 0) is 75.2 Å². The van der Waals surface area contributed by atoms with Crippen LogP contribution in [-0.4, -0.2) is 36.7 Å². The van der Waals surface area contributed by atoms with Crippen LogP contribution >= 0.6 is 12.2 Å². The van der Waals surface area contributed by atoms with Crippen molar-refractivity contribution in [2.45, 2.75) is 46.0 Å². The third kappa shape index (κ3) is 9.47. The Morgan fingerprint density at radius 3 is 2.28 bits per heavy atom. The van der Waals surface area contributed by atoms with E-state index >= 15 is 0 Å². The number of thiocarbonyl (C=S) groups is 1. The maximum absolute atomic E-state index is 12.1. The van der Waals surface area contributed by atoms with Gasteiger partial charge >= 0.3 is 5.97 Å². The first-order chi connectivity index (χ1) is 15.5. The molecule has 1 amide bonds. The average molecular weight is 456 g/mol. The Hall–Kier alpha value is -2.93. The number of rotatable bonds is 12. The number of amides is 1. The maximum atomic E-state index is 12.1. The Labute approximate surface area is 196 Å². The minimum atomic E-state index is -0.278. The summed E-state index contributed by atoms with van der Waals surface area (Å²) in [4.78, 5) is 26.1. The van der Waals surface area contributed by atoms with Gasteiger partial charge in [0.2, 0.25) is 5.91 Å². The molecule has 0 heterocycles. The fourth-order valence-corrected chi connectivity index (χ4v) is 3.50. The van der Waals surface area contributed by atoms with Gasteiger partial charge < -0.3 is 20.3 Å². The molecule has 0 aromatic heterocycles. The van der Waals surface area contributed by atoms with Crippen molar-refractivity contribution in [3.05, 3.63) is 60.2 Å². The molecule has 0 saturated heterocycles. The van der Waals surface area contributed by atoms with E-state index in [2.05, 4.69) is 41.5 Å². The zero-order valence-corrected chi connectivity index (χ0v) is 19.7. The molecule has 0 radical (unpaired) electrons. The van der Waals surface area contributed by atoms with E-state index in [1.54, 1.807) is 0 Å². The van der Waals surface area contributed by atoms with Crippen molar-refractivity contribution >= 4 is 40.6 Å². The molecular formula is C25H33N3O3S. The van der Waals surface area contributed by atoms with Crippen LogP contribution in [0.4, 0.5) is 11.4 Å². The highest BCUT2D eigenvalue weighted by atomic mass is 32.1. The number of carbonyl (C=O) groups excluding carboxylic acids is 2. The molecule has 2 rings (SSSR count). The quantitative estimate of drug-likeness (QED) is 0.275. The molecule has 7 heteroatoms. The summed E-state index contributed by atoms with van der Waals surface area (Å²) in [5.74, 6) is -0.501. The van der Waals surface area contributed by atoms with E-state index in [1.165, 1.54) is 5.56 Å². The Kier molecular flexibility index (Phi) is 11.2. The number of esters is 1. The third-order valence-electron chi connectivity index (χ3n) is 5.01. The molecule has 172 valence electrons. The Morgan fingerprint density at radius 1 is 0.938 bits per heavy atom. The predicted molar refractivity (Wildman–Crippen MR) is 134 cm³/mol. The molecule has 0 bridgehead atoms. The normalized spacial score (nSPS) is 10.3. The van der Waals surface area contributed by atoms with Gasteiger partial charge in [0, 0.05) is 37.3 Å². The van der Waals surface area contributed by atoms with Crippen molar-refractivity contribution in [3.8, 4) is 0 Å². The highest BCUT2D eigenvalue weighted by molar-refractivity contribution is 7.80. The second-order valence-electron chi connectivity index (χ2n) is 7.38. The van der Waals surface area contributed by atoms with E-state index in [4.69, 9.17) is 17.0 Å². The lowest BCUT2D eigenvalue weighted by molar-refractivity contribution is -0.143. The van der Waals surface area contributed by atoms with Gasteiger partial charge in [-0.3, -0.25) is 9.59 Å². The molecule has 0 spiro atoms. The topological polar surface area (TPSA) is 70.7 Å². The highest BCUT2D eigenvalue weighted by Crippen LogP contribution is 2.17. The molecule has 0 aliphatic heterocycles. The van der Waals surface area contributed by atoms with Crippen LogP contribution in [0.3, 0.4) is 0 Å². The molecule has 32 heavy (non-hydrogen) atoms. The SMILES string of the molecule is CCN(CC)c1ccc(NC(=S)NC(=O)CCCC(=O)OCCCc2ccccc2)cc1. The van der Waals surface area contributed by atoms with E-state index in [0.717, 1.165) is 37.3 Å². The Bertz CT molecular complexity index is 852. The summed E-state index contributed by atoms with van der Waals surface area (Å²) in [6, 6.07) is 18.0. The second kappa shape index (κ2) is 14.2. The first-order valence-electron chi connectivity index (χ1n) is 11.2. The van der Waals surface area contributed by atoms with Gasteiger partial charge in [0.15, 0.2) is 5.11 Å². The minimum Gasteiger partial charge on any atom is -0.466 e. The molecule has 2 aromatic rings. The summed E-state index contributed by atoms with van der Waals surface area (Å²) in [5.41, 5.74) is 3.18. The molecule has 0 fully saturated rings. The van der Waals surface area contributed by atoms with Crippen LogP contribution in [0.15, 0.2) is 54.6 Å². The Balaban J connectivity index is 1.58. The summed E-state index contributed by atoms with van der Waals surface area (Å²) in [6.07, 6.45) is 2.50. The lowest BCUT2D eigenvalue weighted by Crippen LogP contribution is -2.34. The molecule has 0 aliphatic carbocycles. The van der Waals surface area contributed by atoms with Crippen LogP contribution in [-0.2, 0) is 20.7 Å². The van der Waals surface area contributed by atoms with Crippen LogP contribution in [0.5, 0.6) is 0 Å². The van der Waals surface area contributed by atoms with Gasteiger partial charge in [0.05, 0.1) is 6.61 Å². The smallest absolute Gasteiger partial charge is 0.305 e. The van der Waals surface area contributed by atoms with Crippen LogP contribution < -0.4 is 15.5 Å². The molecule has 6 nitrogen and oxygen atoms in total. The molecule has 0 atom stereocenters. The zero-order valence-electron chi connectivity index (χ0n) is 18.9. The summed E-state index contributed by atoms with van der Waals surface area (Å²) in [7, 11) is 0. The first kappa shape index (κ1) is 25.3. The Morgan fingerprint density at radius 2 is 1.62 bits per heavy atom. The number of aryl methyl sites for hydroxylation is 1. The van der Waals surface area contributed by atoms with E-state index in [1.807, 2.05) is 42.5 Å². The van der Waals surface area contributed by atoms with E-state index in [0.29, 0.717) is 13.0 Å². The van der Waals surface area contributed by atoms with Gasteiger partial charge in [-0.1, -0.05) is 30.3 Å². The number of nitrogens with zero attached hydrogens (tertiary/aromatic N) is 1. The molecular weight excluding hydrogens is 422 g/mol. The molecule has 2 N–H and O–H groups in total. The largest absolute Gasteiger partial charge is 0.466 e. The van der Waals surface area contributed by atoms with Gasteiger partial charge in [0.1, 0.15) is 0 Å². The van der Waals surface area contributed by atoms with Gasteiger partial charge in [-0.15, -0.1) is 0 Å². The van der Waals surface area contributed by atoms with E-state index in [-0.39, 0.29) is 29.8 Å². The maximum Gasteiger partial charge on any atom is 0.305 e. The fourth-order valence-electron chi connectivity index (χ4n) is 3.27.